The summed E-state index contributed by atoms with van der Waals surface area (Å²) in [5.41, 5.74) is -6.86. The fourth-order valence-electron chi connectivity index (χ4n) is 8.36. The number of hydrogen-bond donors (Lipinski definition) is 3. The third kappa shape index (κ3) is 7.83. The number of aryl methyl sites for hydroxylation is 1. The largest absolute Gasteiger partial charge is 0.497 e. The second-order valence-corrected chi connectivity index (χ2v) is 19.6. The van der Waals surface area contributed by atoms with Gasteiger partial charge in [0.05, 0.1) is 41.6 Å². The number of benzene rings is 1. The maximum Gasteiger partial charge on any atom is 0.427 e. The molecule has 5 aliphatic rings. The number of rotatable bonds is 6. The minimum Gasteiger partial charge on any atom is -0.497 e. The highest BCUT2D eigenvalue weighted by molar-refractivity contribution is 7.91. The summed E-state index contributed by atoms with van der Waals surface area (Å²) in [4.78, 5) is 61.6. The zero-order valence-electron chi connectivity index (χ0n) is 33.8. The Morgan fingerprint density at radius 2 is 1.80 bits per heavy atom. The molecule has 20 heteroatoms. The highest BCUT2D eigenvalue weighted by atomic mass is 32.2. The summed E-state index contributed by atoms with van der Waals surface area (Å²) in [6, 6.07) is 1.26. The monoisotopic (exact) mass is 869 g/mol. The molecular formula is C40H48F5N5O9S. The lowest BCUT2D eigenvalue weighted by Crippen LogP contribution is -2.59. The molecule has 1 saturated heterocycles. The molecule has 2 aromatic rings. The van der Waals surface area contributed by atoms with Gasteiger partial charge >= 0.3 is 12.3 Å². The van der Waals surface area contributed by atoms with Gasteiger partial charge in [-0.3, -0.25) is 19.1 Å². The van der Waals surface area contributed by atoms with E-state index in [1.807, 2.05) is 0 Å². The second kappa shape index (κ2) is 14.7. The summed E-state index contributed by atoms with van der Waals surface area (Å²) in [7, 11) is -2.79. The molecule has 5 atom stereocenters. The van der Waals surface area contributed by atoms with Crippen molar-refractivity contribution in [2.45, 2.75) is 138 Å². The van der Waals surface area contributed by atoms with Gasteiger partial charge in [-0.05, 0) is 84.4 Å². The normalized spacial score (nSPS) is 28.8. The SMILES string of the molecule is COc1ccc2nc(C)c3c(c2c1)C(F)(F)CC1(CC2C(=O)NC4(C(=O)NS(=O)(=O)C5(C)CC5)CC4C=CCCCCCC(NC(=O)OC(C)(C)C(F)(F)F)C(=O)N2C1)O3. The van der Waals surface area contributed by atoms with Gasteiger partial charge in [0, 0.05) is 17.7 Å². The van der Waals surface area contributed by atoms with Gasteiger partial charge in [-0.2, -0.15) is 13.2 Å². The molecule has 0 bridgehead atoms. The molecule has 3 aliphatic heterocycles. The molecular weight excluding hydrogens is 822 g/mol. The summed E-state index contributed by atoms with van der Waals surface area (Å²) >= 11 is 0. The predicted molar refractivity (Wildman–Crippen MR) is 204 cm³/mol. The van der Waals surface area contributed by atoms with Crippen LogP contribution in [0.15, 0.2) is 30.4 Å². The maximum absolute atomic E-state index is 16.8. The molecule has 5 unspecified atom stereocenters. The molecule has 4 amide bonds. The number of nitrogens with zero attached hydrogens (tertiary/aromatic N) is 2. The number of allylic oxidation sites excluding steroid dienone is 1. The van der Waals surface area contributed by atoms with Crippen LogP contribution in [0.1, 0.15) is 96.2 Å². The van der Waals surface area contributed by atoms with E-state index in [9.17, 15) is 40.8 Å². The van der Waals surface area contributed by atoms with Gasteiger partial charge in [0.2, 0.25) is 27.4 Å². The van der Waals surface area contributed by atoms with Gasteiger partial charge in [0.25, 0.3) is 11.8 Å². The number of amides is 4. The van der Waals surface area contributed by atoms with Crippen molar-refractivity contribution in [2.24, 2.45) is 5.92 Å². The summed E-state index contributed by atoms with van der Waals surface area (Å²) in [6.07, 6.45) is -2.35. The highest BCUT2D eigenvalue weighted by Crippen LogP contribution is 2.55. The average molecular weight is 870 g/mol. The van der Waals surface area contributed by atoms with Crippen LogP contribution in [0.5, 0.6) is 11.5 Å². The molecule has 3 N–H and O–H groups in total. The first-order chi connectivity index (χ1) is 27.9. The molecule has 0 radical (unpaired) electrons. The number of hydrogen-bond acceptors (Lipinski definition) is 10. The van der Waals surface area contributed by atoms with Crippen molar-refractivity contribution < 1.29 is 63.8 Å². The number of alkyl carbamates (subject to hydrolysis) is 1. The zero-order valence-corrected chi connectivity index (χ0v) is 34.6. The van der Waals surface area contributed by atoms with Crippen molar-refractivity contribution in [1.82, 2.24) is 25.2 Å². The first-order valence-corrected chi connectivity index (χ1v) is 21.3. The topological polar surface area (TPSA) is 182 Å². The Hall–Kier alpha value is -4.75. The number of aromatic nitrogens is 1. The number of nitrogens with one attached hydrogen (secondary N) is 3. The van der Waals surface area contributed by atoms with E-state index < -0.39 is 110 Å². The molecule has 1 aromatic carbocycles. The Balaban J connectivity index is 1.27. The van der Waals surface area contributed by atoms with Crippen LogP contribution in [0.4, 0.5) is 26.7 Å². The number of ether oxygens (including phenoxy) is 3. The van der Waals surface area contributed by atoms with Crippen LogP contribution in [0.3, 0.4) is 0 Å². The molecule has 1 spiro atoms. The smallest absolute Gasteiger partial charge is 0.427 e. The predicted octanol–water partition coefficient (Wildman–Crippen LogP) is 5.60. The standard InChI is InChI=1S/C40H48F5N5O9S/c1-22-30-29(25-17-24(57-5)13-14-26(25)46-22)39(41,42)20-37(58-30)19-28-31(51)48-38(33(53)49-60(55,56)36(4)15-16-36)18-23(38)11-9-7-6-8-10-12-27(32(52)50(28)21-37)47-34(54)59-35(2,3)40(43,44)45/h9,11,13-14,17,23,27-28H,6-8,10,12,15-16,18-21H2,1-5H3,(H,47,54)(H,48,51)(H,49,53). The maximum atomic E-state index is 16.8. The molecule has 1 aromatic heterocycles. The van der Waals surface area contributed by atoms with Gasteiger partial charge in [-0.1, -0.05) is 25.0 Å². The van der Waals surface area contributed by atoms with E-state index in [1.165, 1.54) is 33.1 Å². The molecule has 2 aliphatic carbocycles. The van der Waals surface area contributed by atoms with E-state index in [0.717, 1.165) is 4.90 Å². The van der Waals surface area contributed by atoms with E-state index in [4.69, 9.17) is 14.2 Å². The van der Waals surface area contributed by atoms with E-state index in [1.54, 1.807) is 18.2 Å². The number of methoxy groups -OCH3 is 1. The Kier molecular flexibility index (Phi) is 10.6. The van der Waals surface area contributed by atoms with Gasteiger partial charge in [-0.15, -0.1) is 0 Å². The first kappa shape index (κ1) is 43.3. The minimum atomic E-state index is -4.98. The number of pyridine rings is 1. The lowest BCUT2D eigenvalue weighted by atomic mass is 9.84. The summed E-state index contributed by atoms with van der Waals surface area (Å²) in [5, 5.41) is 4.95. The molecule has 3 fully saturated rings. The molecule has 14 nitrogen and oxygen atoms in total. The first-order valence-electron chi connectivity index (χ1n) is 19.8. The third-order valence-corrected chi connectivity index (χ3v) is 14.6. The van der Waals surface area contributed by atoms with Crippen LogP contribution in [-0.2, 0) is 35.1 Å². The molecule has 7 rings (SSSR count). The molecule has 60 heavy (non-hydrogen) atoms. The Bertz CT molecular complexity index is 2270. The van der Waals surface area contributed by atoms with Crippen LogP contribution in [-0.4, -0.2) is 95.5 Å². The van der Waals surface area contributed by atoms with Crippen LogP contribution in [0.2, 0.25) is 0 Å². The van der Waals surface area contributed by atoms with Gasteiger partial charge in [0.1, 0.15) is 29.0 Å². The average Bonchev–Trinajstić information content (AvgIpc) is 4.04. The quantitative estimate of drug-likeness (QED) is 0.244. The van der Waals surface area contributed by atoms with Crippen LogP contribution in [0, 0.1) is 12.8 Å². The van der Waals surface area contributed by atoms with E-state index in [-0.39, 0.29) is 47.4 Å². The van der Waals surface area contributed by atoms with Crippen molar-refractivity contribution >= 4 is 44.7 Å². The van der Waals surface area contributed by atoms with Crippen LogP contribution >= 0.6 is 0 Å². The molecule has 4 heterocycles. The summed E-state index contributed by atoms with van der Waals surface area (Å²) < 4.78 is 118. The van der Waals surface area contributed by atoms with Gasteiger partial charge < -0.3 is 29.7 Å². The number of carbonyl (C=O) groups excluding carboxylic acids is 4. The van der Waals surface area contributed by atoms with Crippen molar-refractivity contribution in [2.75, 3.05) is 13.7 Å². The Morgan fingerprint density at radius 3 is 2.47 bits per heavy atom. The van der Waals surface area contributed by atoms with E-state index in [0.29, 0.717) is 46.0 Å². The zero-order chi connectivity index (χ0) is 43.8. The fourth-order valence-corrected chi connectivity index (χ4v) is 9.67. The number of halogens is 5. The fraction of sp³-hybridized carbons (Fsp3) is 0.625. The van der Waals surface area contributed by atoms with Crippen molar-refractivity contribution in [1.29, 1.82) is 0 Å². The Morgan fingerprint density at radius 1 is 1.08 bits per heavy atom. The van der Waals surface area contributed by atoms with Crippen molar-refractivity contribution in [3.63, 3.8) is 0 Å². The summed E-state index contributed by atoms with van der Waals surface area (Å²) in [5.74, 6) is -7.29. The van der Waals surface area contributed by atoms with E-state index >= 15 is 8.78 Å². The van der Waals surface area contributed by atoms with Gasteiger partial charge in [0.15, 0.2) is 5.75 Å². The van der Waals surface area contributed by atoms with Crippen molar-refractivity contribution in [3.05, 3.63) is 41.6 Å². The highest BCUT2D eigenvalue weighted by Gasteiger charge is 2.65. The number of alkyl halides is 5. The van der Waals surface area contributed by atoms with Crippen LogP contribution < -0.4 is 24.8 Å². The lowest BCUT2D eigenvalue weighted by molar-refractivity contribution is -0.244. The third-order valence-electron chi connectivity index (χ3n) is 12.5. The summed E-state index contributed by atoms with van der Waals surface area (Å²) in [6.45, 7) is 3.57. The minimum absolute atomic E-state index is 0.00647. The lowest BCUT2D eigenvalue weighted by Gasteiger charge is -2.40. The Labute approximate surface area is 343 Å². The van der Waals surface area contributed by atoms with E-state index in [2.05, 4.69) is 20.3 Å². The second-order valence-electron chi connectivity index (χ2n) is 17.5. The number of fused-ring (bicyclic) bond motifs is 5. The van der Waals surface area contributed by atoms with Gasteiger partial charge in [-0.25, -0.2) is 27.0 Å². The number of carbonyl (C=O) groups is 4. The molecule has 328 valence electrons. The molecule has 2 saturated carbocycles. The van der Waals surface area contributed by atoms with Crippen LogP contribution in [0.25, 0.3) is 10.9 Å². The number of sulfonamides is 1. The van der Waals surface area contributed by atoms with Crippen molar-refractivity contribution in [3.8, 4) is 11.5 Å².